The van der Waals surface area contributed by atoms with Crippen LogP contribution in [-0.4, -0.2) is 136 Å². The number of hydrogen-bond donors (Lipinski definition) is 4. The van der Waals surface area contributed by atoms with Crippen molar-refractivity contribution in [2.75, 3.05) is 64.0 Å². The second-order valence-electron chi connectivity index (χ2n) is 21.6. The molecule has 10 rings (SSSR count). The minimum atomic E-state index is -0.847. The lowest BCUT2D eigenvalue weighted by Crippen LogP contribution is -2.58. The minimum Gasteiger partial charge on any atom is -0.508 e. The first kappa shape index (κ1) is 51.2. The summed E-state index contributed by atoms with van der Waals surface area (Å²) in [5.74, 6) is -0.577. The molecule has 4 aliphatic rings. The van der Waals surface area contributed by atoms with Crippen molar-refractivity contribution in [1.82, 2.24) is 45.7 Å². The molecule has 0 spiro atoms. The van der Waals surface area contributed by atoms with Crippen molar-refractivity contribution in [1.29, 1.82) is 0 Å². The first-order valence-electron chi connectivity index (χ1n) is 26.1. The number of fused-ring (bicyclic) bond motifs is 4. The predicted octanol–water partition coefficient (Wildman–Crippen LogP) is 7.57. The van der Waals surface area contributed by atoms with Crippen LogP contribution in [0, 0.1) is 24.1 Å². The van der Waals surface area contributed by atoms with Crippen LogP contribution in [0.2, 0.25) is 0 Å². The molecule has 7 heterocycles. The molecule has 0 radical (unpaired) electrons. The molecular weight excluding hydrogens is 960 g/mol. The Bertz CT molecular complexity index is 3000. The molecule has 0 aliphatic carbocycles. The number of carbonyl (C=O) groups excluding carboxylic acids is 3. The third-order valence-corrected chi connectivity index (χ3v) is 16.2. The van der Waals surface area contributed by atoms with E-state index in [9.17, 15) is 19.5 Å². The molecule has 2 bridgehead atoms. The monoisotopic (exact) mass is 1030 g/mol. The van der Waals surface area contributed by atoms with Crippen LogP contribution in [0.5, 0.6) is 11.8 Å². The van der Waals surface area contributed by atoms with Crippen molar-refractivity contribution in [3.8, 4) is 33.5 Å². The number of pyridine rings is 1. The molecule has 0 saturated carbocycles. The van der Waals surface area contributed by atoms with Crippen molar-refractivity contribution in [2.45, 2.75) is 103 Å². The molecule has 4 saturated heterocycles. The first-order chi connectivity index (χ1) is 35.7. The number of benzene rings is 3. The number of aromatic hydroxyl groups is 1. The maximum Gasteiger partial charge on any atom is 0.319 e. The van der Waals surface area contributed by atoms with Crippen molar-refractivity contribution in [3.05, 3.63) is 89.4 Å². The molecule has 3 aromatic carbocycles. The van der Waals surface area contributed by atoms with Gasteiger partial charge < -0.3 is 40.3 Å². The highest BCUT2D eigenvalue weighted by Crippen LogP contribution is 2.38. The summed E-state index contributed by atoms with van der Waals surface area (Å²) in [4.78, 5) is 67.1. The average molecular weight is 1030 g/mol. The van der Waals surface area contributed by atoms with E-state index in [2.05, 4.69) is 40.7 Å². The smallest absolute Gasteiger partial charge is 0.319 e. The van der Waals surface area contributed by atoms with Gasteiger partial charge in [0.1, 0.15) is 48.1 Å². The third kappa shape index (κ3) is 11.2. The first-order valence-corrected chi connectivity index (χ1v) is 27.0. The van der Waals surface area contributed by atoms with Crippen molar-refractivity contribution in [2.24, 2.45) is 11.3 Å². The van der Waals surface area contributed by atoms with Gasteiger partial charge in [0.2, 0.25) is 17.7 Å². The number of piperidine rings is 1. The fourth-order valence-corrected chi connectivity index (χ4v) is 12.0. The second kappa shape index (κ2) is 21.9. The standard InChI is InChI=1S/C56H67FN10O6S/c1-33(36-12-14-37(15-13-36)50-34(2)59-32-74-50)60-53(70)45-11-8-20-67(45)54(71)51(56(3,4)5)62-46(69)31-72-30-35-18-21-65(22-19-35)23-24-73-55-63-49-44(52(64-55)66-28-39-16-17-40(29-66)61-39)27-58-48(47(49)57)43-26-41(68)25-38-9-6-7-10-42(38)43/h6-7,9-10,12-15,25-27,32-33,35,39-40,45,51,61,68H,8,11,16-24,28-31H2,1-5H3,(H,60,70)(H,62,69). The van der Waals surface area contributed by atoms with Gasteiger partial charge in [0, 0.05) is 50.0 Å². The maximum absolute atomic E-state index is 16.8. The summed E-state index contributed by atoms with van der Waals surface area (Å²) >= 11 is 1.60. The number of thiazole rings is 1. The highest BCUT2D eigenvalue weighted by Gasteiger charge is 2.42. The van der Waals surface area contributed by atoms with Gasteiger partial charge >= 0.3 is 6.01 Å². The number of ether oxygens (including phenoxy) is 2. The van der Waals surface area contributed by atoms with Crippen molar-refractivity contribution >= 4 is 56.6 Å². The Balaban J connectivity index is 0.707. The van der Waals surface area contributed by atoms with Crippen LogP contribution in [0.25, 0.3) is 43.4 Å². The molecule has 74 heavy (non-hydrogen) atoms. The largest absolute Gasteiger partial charge is 0.508 e. The molecule has 18 heteroatoms. The van der Waals surface area contributed by atoms with E-state index in [1.165, 1.54) is 6.07 Å². The van der Waals surface area contributed by atoms with Gasteiger partial charge in [-0.25, -0.2) is 9.37 Å². The Morgan fingerprint density at radius 3 is 2.42 bits per heavy atom. The molecular formula is C56H67FN10O6S. The quantitative estimate of drug-likeness (QED) is 0.0745. The predicted molar refractivity (Wildman–Crippen MR) is 284 cm³/mol. The SMILES string of the molecule is Cc1ncsc1-c1ccc(C(C)NC(=O)C2CCCN2C(=O)C(NC(=O)COCC2CCN(CCOc3nc(N4CC5CCC(C4)N5)c4cnc(-c5cc(O)cc6ccccc56)c(F)c4n3)CC2)C(C)(C)C)cc1. The Kier molecular flexibility index (Phi) is 15.1. The number of aryl methyl sites for hydroxylation is 1. The van der Waals surface area contributed by atoms with Crippen molar-refractivity contribution < 1.29 is 33.4 Å². The highest BCUT2D eigenvalue weighted by atomic mass is 32.1. The number of phenolic OH excluding ortho intramolecular Hbond substituents is 1. The van der Waals surface area contributed by atoms with Gasteiger partial charge in [0.05, 0.1) is 34.1 Å². The summed E-state index contributed by atoms with van der Waals surface area (Å²) in [5, 5.41) is 22.4. The summed E-state index contributed by atoms with van der Waals surface area (Å²) in [6, 6.07) is 17.8. The van der Waals surface area contributed by atoms with Gasteiger partial charge in [-0.2, -0.15) is 9.97 Å². The maximum atomic E-state index is 16.8. The summed E-state index contributed by atoms with van der Waals surface area (Å²) in [7, 11) is 0. The molecule has 3 amide bonds. The van der Waals surface area contributed by atoms with Crippen LogP contribution in [0.1, 0.15) is 83.5 Å². The molecule has 4 fully saturated rings. The molecule has 5 unspecified atom stereocenters. The summed E-state index contributed by atoms with van der Waals surface area (Å²) in [6.07, 6.45) is 6.76. The Labute approximate surface area is 435 Å². The lowest BCUT2D eigenvalue weighted by atomic mass is 9.85. The number of piperazine rings is 1. The van der Waals surface area contributed by atoms with Crippen LogP contribution in [0.4, 0.5) is 10.2 Å². The number of amides is 3. The van der Waals surface area contributed by atoms with Gasteiger partial charge in [-0.15, -0.1) is 11.3 Å². The molecule has 5 atom stereocenters. The van der Waals surface area contributed by atoms with Crippen LogP contribution in [-0.2, 0) is 19.1 Å². The number of phenols is 1. The number of likely N-dealkylation sites (tertiary alicyclic amines) is 2. The zero-order valence-corrected chi connectivity index (χ0v) is 43.7. The number of carbonyl (C=O) groups is 3. The molecule has 4 N–H and O–H groups in total. The lowest BCUT2D eigenvalue weighted by molar-refractivity contribution is -0.144. The summed E-state index contributed by atoms with van der Waals surface area (Å²) in [6.45, 7) is 14.3. The van der Waals surface area contributed by atoms with Gasteiger partial charge in [-0.3, -0.25) is 24.3 Å². The van der Waals surface area contributed by atoms with E-state index in [0.29, 0.717) is 68.0 Å². The number of nitrogens with one attached hydrogen (secondary N) is 3. The number of aromatic nitrogens is 4. The summed E-state index contributed by atoms with van der Waals surface area (Å²) < 4.78 is 29.1. The van der Waals surface area contributed by atoms with Gasteiger partial charge in [0.25, 0.3) is 0 Å². The zero-order valence-electron chi connectivity index (χ0n) is 42.9. The normalized spacial score (nSPS) is 20.3. The van der Waals surface area contributed by atoms with Crippen LogP contribution in [0.15, 0.2) is 72.4 Å². The van der Waals surface area contributed by atoms with Gasteiger partial charge in [-0.05, 0) is 111 Å². The zero-order chi connectivity index (χ0) is 51.7. The van der Waals surface area contributed by atoms with E-state index in [-0.39, 0.29) is 59.3 Å². The van der Waals surface area contributed by atoms with E-state index < -0.39 is 23.3 Å². The Morgan fingerprint density at radius 1 is 0.932 bits per heavy atom. The van der Waals surface area contributed by atoms with Crippen LogP contribution in [0.3, 0.4) is 0 Å². The number of rotatable bonds is 16. The average Bonchev–Trinajstić information content (AvgIpc) is 4.15. The fourth-order valence-electron chi connectivity index (χ4n) is 11.2. The molecule has 390 valence electrons. The van der Waals surface area contributed by atoms with E-state index in [0.717, 1.165) is 84.3 Å². The van der Waals surface area contributed by atoms with E-state index in [1.54, 1.807) is 28.5 Å². The lowest BCUT2D eigenvalue weighted by Gasteiger charge is -2.35. The summed E-state index contributed by atoms with van der Waals surface area (Å²) in [5.41, 5.74) is 4.94. The van der Waals surface area contributed by atoms with E-state index in [4.69, 9.17) is 14.5 Å². The molecule has 6 aromatic rings. The van der Waals surface area contributed by atoms with Crippen molar-refractivity contribution in [3.63, 3.8) is 0 Å². The molecule has 4 aliphatic heterocycles. The third-order valence-electron chi connectivity index (χ3n) is 15.2. The fraction of sp³-hybridized carbons (Fsp3) is 0.482. The Hall–Kier alpha value is -6.34. The van der Waals surface area contributed by atoms with Gasteiger partial charge in [-0.1, -0.05) is 69.3 Å². The molecule has 16 nitrogen and oxygen atoms in total. The van der Waals surface area contributed by atoms with E-state index in [1.807, 2.05) is 88.7 Å². The van der Waals surface area contributed by atoms with Gasteiger partial charge in [0.15, 0.2) is 5.82 Å². The molecule has 3 aromatic heterocycles. The number of anilines is 1. The highest BCUT2D eigenvalue weighted by molar-refractivity contribution is 7.13. The number of halogens is 1. The van der Waals surface area contributed by atoms with Crippen LogP contribution >= 0.6 is 11.3 Å². The number of hydrogen-bond acceptors (Lipinski definition) is 14. The minimum absolute atomic E-state index is 0.0195. The topological polar surface area (TPSA) is 187 Å². The number of nitrogens with zero attached hydrogens (tertiary/aromatic N) is 7. The Morgan fingerprint density at radius 2 is 1.69 bits per heavy atom. The van der Waals surface area contributed by atoms with Crippen LogP contribution < -0.4 is 25.6 Å². The second-order valence-corrected chi connectivity index (χ2v) is 22.4. The van der Waals surface area contributed by atoms with E-state index >= 15 is 4.39 Å².